The zero-order chi connectivity index (χ0) is 9.97. The van der Waals surface area contributed by atoms with Crippen LogP contribution in [0.25, 0.3) is 11.3 Å². The molecule has 5 heteroatoms. The number of H-pyrrole nitrogens is 1. The van der Waals surface area contributed by atoms with E-state index in [4.69, 9.17) is 11.6 Å². The number of benzene rings is 1. The summed E-state index contributed by atoms with van der Waals surface area (Å²) in [5.41, 5.74) is 0.545. The van der Waals surface area contributed by atoms with Crippen LogP contribution in [0.4, 0.5) is 0 Å². The van der Waals surface area contributed by atoms with Crippen LogP contribution in [0, 0.1) is 0 Å². The minimum atomic E-state index is -0.347. The second-order valence-electron chi connectivity index (χ2n) is 2.64. The molecule has 0 fully saturated rings. The summed E-state index contributed by atoms with van der Waals surface area (Å²) in [6.07, 6.45) is 1.28. The molecule has 2 rings (SSSR count). The largest absolute Gasteiger partial charge is 0.290 e. The zero-order valence-corrected chi connectivity index (χ0v) is 7.82. The molecule has 0 unspecified atom stereocenters. The number of hydrogen-bond acceptors (Lipinski definition) is 3. The van der Waals surface area contributed by atoms with Crippen LogP contribution in [-0.2, 0) is 0 Å². The number of hydrogen-bond donors (Lipinski definition) is 1. The Balaban J connectivity index is 2.67. The van der Waals surface area contributed by atoms with Crippen LogP contribution in [0.1, 0.15) is 0 Å². The van der Waals surface area contributed by atoms with Crippen molar-refractivity contribution in [3.63, 3.8) is 0 Å². The normalized spacial score (nSPS) is 10.1. The molecule has 0 aliphatic carbocycles. The van der Waals surface area contributed by atoms with Crippen molar-refractivity contribution in [1.82, 2.24) is 15.2 Å². The summed E-state index contributed by atoms with van der Waals surface area (Å²) in [4.78, 5) is 15.2. The van der Waals surface area contributed by atoms with Gasteiger partial charge in [-0.2, -0.15) is 5.10 Å². The Bertz CT molecular complexity index is 509. The molecule has 0 radical (unpaired) electrons. The Hall–Kier alpha value is -1.68. The fraction of sp³-hybridized carbons (Fsp3) is 0. The van der Waals surface area contributed by atoms with Crippen molar-refractivity contribution < 1.29 is 0 Å². The molecule has 2 aromatic rings. The topological polar surface area (TPSA) is 58.6 Å². The van der Waals surface area contributed by atoms with E-state index in [-0.39, 0.29) is 11.3 Å². The number of nitrogens with zero attached hydrogens (tertiary/aromatic N) is 2. The lowest BCUT2D eigenvalue weighted by Gasteiger charge is -2.00. The first kappa shape index (κ1) is 8.90. The molecular weight excluding hydrogens is 202 g/mol. The molecular formula is C9H6ClN3O. The first-order valence-electron chi connectivity index (χ1n) is 3.93. The summed E-state index contributed by atoms with van der Waals surface area (Å²) in [7, 11) is 0. The van der Waals surface area contributed by atoms with E-state index in [2.05, 4.69) is 15.2 Å². The highest BCUT2D eigenvalue weighted by atomic mass is 35.5. The first-order chi connectivity index (χ1) is 6.79. The van der Waals surface area contributed by atoms with Gasteiger partial charge < -0.3 is 0 Å². The molecule has 0 saturated heterocycles. The summed E-state index contributed by atoms with van der Waals surface area (Å²) in [6, 6.07) is 7.03. The Kier molecular flexibility index (Phi) is 2.28. The van der Waals surface area contributed by atoms with Gasteiger partial charge in [0.1, 0.15) is 12.0 Å². The summed E-state index contributed by atoms with van der Waals surface area (Å²) in [5, 5.41) is 6.30. The maximum absolute atomic E-state index is 11.3. The molecule has 1 N–H and O–H groups in total. The quantitative estimate of drug-likeness (QED) is 0.771. The Morgan fingerprint density at radius 1 is 1.29 bits per heavy atom. The van der Waals surface area contributed by atoms with Gasteiger partial charge in [0.05, 0.1) is 5.02 Å². The zero-order valence-electron chi connectivity index (χ0n) is 7.07. The molecule has 1 aromatic carbocycles. The van der Waals surface area contributed by atoms with Gasteiger partial charge in [0.2, 0.25) is 0 Å². The summed E-state index contributed by atoms with van der Waals surface area (Å²) in [6.45, 7) is 0. The van der Waals surface area contributed by atoms with Crippen molar-refractivity contribution in [3.8, 4) is 11.3 Å². The molecule has 0 aliphatic rings. The van der Waals surface area contributed by atoms with Gasteiger partial charge in [-0.15, -0.1) is 0 Å². The molecule has 0 amide bonds. The highest BCUT2D eigenvalue weighted by molar-refractivity contribution is 6.33. The lowest BCUT2D eigenvalue weighted by molar-refractivity contribution is 0.936. The van der Waals surface area contributed by atoms with E-state index in [0.29, 0.717) is 10.6 Å². The van der Waals surface area contributed by atoms with E-state index < -0.39 is 0 Å². The smallest absolute Gasteiger partial charge is 0.266 e. The maximum Gasteiger partial charge on any atom is 0.290 e. The average Bonchev–Trinajstić information content (AvgIpc) is 2.20. The monoisotopic (exact) mass is 207 g/mol. The fourth-order valence-corrected chi connectivity index (χ4v) is 1.36. The first-order valence-corrected chi connectivity index (χ1v) is 4.31. The summed E-state index contributed by atoms with van der Waals surface area (Å²) < 4.78 is 0. The van der Waals surface area contributed by atoms with E-state index in [1.54, 1.807) is 24.3 Å². The van der Waals surface area contributed by atoms with Gasteiger partial charge in [0, 0.05) is 5.56 Å². The molecule has 0 spiro atoms. The fourth-order valence-electron chi connectivity index (χ4n) is 1.13. The number of rotatable bonds is 1. The van der Waals surface area contributed by atoms with E-state index in [0.717, 1.165) is 0 Å². The van der Waals surface area contributed by atoms with E-state index in [9.17, 15) is 4.79 Å². The van der Waals surface area contributed by atoms with Crippen molar-refractivity contribution in [1.29, 1.82) is 0 Å². The Morgan fingerprint density at radius 3 is 2.79 bits per heavy atom. The maximum atomic E-state index is 11.3. The van der Waals surface area contributed by atoms with Crippen LogP contribution >= 0.6 is 11.6 Å². The number of halogens is 1. The van der Waals surface area contributed by atoms with Crippen LogP contribution in [0.3, 0.4) is 0 Å². The number of nitrogens with one attached hydrogen (secondary N) is 1. The number of aromatic nitrogens is 3. The van der Waals surface area contributed by atoms with Gasteiger partial charge in [-0.25, -0.2) is 10.1 Å². The van der Waals surface area contributed by atoms with Crippen molar-refractivity contribution in [3.05, 3.63) is 46.0 Å². The van der Waals surface area contributed by atoms with Crippen LogP contribution in [0.15, 0.2) is 35.4 Å². The molecule has 1 heterocycles. The third-order valence-electron chi connectivity index (χ3n) is 1.75. The average molecular weight is 208 g/mol. The highest BCUT2D eigenvalue weighted by Crippen LogP contribution is 2.22. The number of aromatic amines is 1. The second kappa shape index (κ2) is 3.59. The van der Waals surface area contributed by atoms with Gasteiger partial charge >= 0.3 is 0 Å². The van der Waals surface area contributed by atoms with Crippen LogP contribution in [0.2, 0.25) is 5.02 Å². The predicted molar refractivity (Wildman–Crippen MR) is 53.1 cm³/mol. The minimum absolute atomic E-state index is 0.283. The van der Waals surface area contributed by atoms with Gasteiger partial charge in [-0.05, 0) is 6.07 Å². The van der Waals surface area contributed by atoms with Gasteiger partial charge in [0.15, 0.2) is 0 Å². The third-order valence-corrected chi connectivity index (χ3v) is 2.08. The molecule has 0 aliphatic heterocycles. The lowest BCUT2D eigenvalue weighted by Crippen LogP contribution is -2.12. The van der Waals surface area contributed by atoms with Crippen molar-refractivity contribution in [2.45, 2.75) is 0 Å². The summed E-state index contributed by atoms with van der Waals surface area (Å²) in [5.74, 6) is 0. The van der Waals surface area contributed by atoms with Gasteiger partial charge in [-0.3, -0.25) is 4.79 Å². The van der Waals surface area contributed by atoms with Gasteiger partial charge in [0.25, 0.3) is 5.56 Å². The third kappa shape index (κ3) is 1.52. The molecule has 70 valence electrons. The minimum Gasteiger partial charge on any atom is -0.266 e. The molecule has 0 bridgehead atoms. The van der Waals surface area contributed by atoms with E-state index in [1.807, 2.05) is 0 Å². The lowest BCUT2D eigenvalue weighted by atomic mass is 10.2. The molecule has 14 heavy (non-hydrogen) atoms. The predicted octanol–water partition coefficient (Wildman–Crippen LogP) is 1.49. The Labute approximate surface area is 84.6 Å². The molecule has 4 nitrogen and oxygen atoms in total. The van der Waals surface area contributed by atoms with Crippen molar-refractivity contribution in [2.24, 2.45) is 0 Å². The van der Waals surface area contributed by atoms with E-state index in [1.165, 1.54) is 6.33 Å². The highest BCUT2D eigenvalue weighted by Gasteiger charge is 2.07. The van der Waals surface area contributed by atoms with Crippen LogP contribution in [-0.4, -0.2) is 15.2 Å². The van der Waals surface area contributed by atoms with Crippen LogP contribution in [0.5, 0.6) is 0 Å². The summed E-state index contributed by atoms with van der Waals surface area (Å²) >= 11 is 5.92. The van der Waals surface area contributed by atoms with Crippen molar-refractivity contribution in [2.75, 3.05) is 0 Å². The molecule has 1 aromatic heterocycles. The molecule has 0 atom stereocenters. The Morgan fingerprint density at radius 2 is 2.07 bits per heavy atom. The van der Waals surface area contributed by atoms with E-state index >= 15 is 0 Å². The van der Waals surface area contributed by atoms with Crippen molar-refractivity contribution >= 4 is 11.6 Å². The SMILES string of the molecule is O=c1[nH]ncnc1-c1ccccc1Cl. The van der Waals surface area contributed by atoms with Crippen LogP contribution < -0.4 is 5.56 Å². The second-order valence-corrected chi connectivity index (χ2v) is 3.05. The molecule has 0 saturated carbocycles. The standard InChI is InChI=1S/C9H6ClN3O/c10-7-4-2-1-3-6(7)8-9(14)13-12-5-11-8/h1-5H,(H,13,14). The van der Waals surface area contributed by atoms with Gasteiger partial charge in [-0.1, -0.05) is 29.8 Å².